The van der Waals surface area contributed by atoms with Crippen LogP contribution >= 0.6 is 0 Å². The van der Waals surface area contributed by atoms with E-state index in [0.717, 1.165) is 27.6 Å². The number of rotatable bonds is 10. The number of benzene rings is 3. The quantitative estimate of drug-likeness (QED) is 0.187. The first-order valence-corrected chi connectivity index (χ1v) is 15.6. The largest absolute Gasteiger partial charge is 0.449 e. The van der Waals surface area contributed by atoms with E-state index < -0.39 is 21.6 Å². The number of likely N-dealkylation sites (N-methyl/N-ethyl adjacent to an activating group) is 1. The summed E-state index contributed by atoms with van der Waals surface area (Å²) in [6.07, 6.45) is 1.07. The van der Waals surface area contributed by atoms with Crippen molar-refractivity contribution in [2.24, 2.45) is 0 Å². The van der Waals surface area contributed by atoms with Crippen LogP contribution in [-0.4, -0.2) is 51.0 Å². The molecule has 10 heteroatoms. The number of aryl methyl sites for hydroxylation is 1. The average Bonchev–Trinajstić information content (AvgIpc) is 2.98. The third-order valence-electron chi connectivity index (χ3n) is 7.32. The molecule has 0 fully saturated rings. The zero-order valence-electron chi connectivity index (χ0n) is 26.1. The molecule has 2 unspecified atom stereocenters. The molecule has 4 rings (SSSR count). The molecule has 4 aromatic rings. The van der Waals surface area contributed by atoms with Crippen molar-refractivity contribution in [1.82, 2.24) is 9.88 Å². The smallest absolute Gasteiger partial charge is 0.411 e. The van der Waals surface area contributed by atoms with Crippen molar-refractivity contribution < 1.29 is 18.5 Å². The number of aromatic nitrogens is 1. The van der Waals surface area contributed by atoms with Gasteiger partial charge in [0.05, 0.1) is 24.0 Å². The van der Waals surface area contributed by atoms with Gasteiger partial charge in [0.25, 0.3) is 0 Å². The summed E-state index contributed by atoms with van der Waals surface area (Å²) in [5.41, 5.74) is 10.2. The second-order valence-electron chi connectivity index (χ2n) is 11.9. The number of carbonyl (C=O) groups is 2. The topological polar surface area (TPSA) is 127 Å². The number of nitrogens with two attached hydrogens (primary N) is 1. The van der Waals surface area contributed by atoms with Crippen LogP contribution in [0.25, 0.3) is 10.8 Å². The second-order valence-corrected chi connectivity index (χ2v) is 14.1. The summed E-state index contributed by atoms with van der Waals surface area (Å²) < 4.78 is 18.4. The van der Waals surface area contributed by atoms with E-state index in [2.05, 4.69) is 15.6 Å². The Morgan fingerprint density at radius 2 is 1.77 bits per heavy atom. The van der Waals surface area contributed by atoms with E-state index in [1.165, 1.54) is 0 Å². The van der Waals surface area contributed by atoms with Crippen molar-refractivity contribution in [3.63, 3.8) is 0 Å². The first-order chi connectivity index (χ1) is 20.8. The molecule has 4 N–H and O–H groups in total. The van der Waals surface area contributed by atoms with E-state index in [9.17, 15) is 13.8 Å². The Labute approximate surface area is 261 Å². The number of nitrogens with one attached hydrogen (secondary N) is 2. The minimum absolute atomic E-state index is 0.0344. The lowest BCUT2D eigenvalue weighted by atomic mass is 9.97. The van der Waals surface area contributed by atoms with E-state index in [-0.39, 0.29) is 31.5 Å². The van der Waals surface area contributed by atoms with Gasteiger partial charge >= 0.3 is 6.09 Å². The minimum atomic E-state index is -1.36. The van der Waals surface area contributed by atoms with Crippen molar-refractivity contribution >= 4 is 50.8 Å². The van der Waals surface area contributed by atoms with Crippen LogP contribution in [0.1, 0.15) is 50.3 Å². The van der Waals surface area contributed by atoms with Crippen molar-refractivity contribution in [2.45, 2.75) is 56.7 Å². The van der Waals surface area contributed by atoms with Crippen LogP contribution < -0.4 is 16.4 Å². The van der Waals surface area contributed by atoms with Gasteiger partial charge in [0.1, 0.15) is 5.82 Å². The number of hydrogen-bond acceptors (Lipinski definition) is 7. The number of amides is 2. The molecule has 0 saturated heterocycles. The Balaban J connectivity index is 1.44. The van der Waals surface area contributed by atoms with Crippen molar-refractivity contribution in [2.75, 3.05) is 36.6 Å². The zero-order valence-corrected chi connectivity index (χ0v) is 27.0. The molecule has 2 atom stereocenters. The van der Waals surface area contributed by atoms with Gasteiger partial charge in [-0.25, -0.2) is 9.78 Å². The van der Waals surface area contributed by atoms with Crippen LogP contribution in [0.2, 0.25) is 0 Å². The second kappa shape index (κ2) is 13.9. The van der Waals surface area contributed by atoms with Gasteiger partial charge in [0.15, 0.2) is 0 Å². The van der Waals surface area contributed by atoms with E-state index in [1.54, 1.807) is 36.3 Å². The predicted molar refractivity (Wildman–Crippen MR) is 178 cm³/mol. The number of nitrogens with zero attached hydrogens (tertiary/aromatic N) is 2. The van der Waals surface area contributed by atoms with Crippen LogP contribution in [0.15, 0.2) is 77.8 Å². The van der Waals surface area contributed by atoms with Crippen LogP contribution in [0.3, 0.4) is 0 Å². The Bertz CT molecular complexity index is 1680. The van der Waals surface area contributed by atoms with Crippen LogP contribution in [0.5, 0.6) is 0 Å². The number of nitrogen functional groups attached to an aromatic ring is 1. The molecular weight excluding hydrogens is 574 g/mol. The number of fused-ring (bicyclic) bond motifs is 1. The SMILES string of the molecule is Cc1ccccc1C(C)COC(=O)Nc1ccc(S(=O)C(C)(C)C)c(CN(C)C(=O)CNc2ccc3c(N)nccc3c2)c1. The van der Waals surface area contributed by atoms with E-state index in [1.807, 2.05) is 83.1 Å². The number of ether oxygens (including phenoxy) is 1. The highest BCUT2D eigenvalue weighted by Crippen LogP contribution is 2.28. The molecule has 1 aromatic heterocycles. The molecule has 3 aromatic carbocycles. The lowest BCUT2D eigenvalue weighted by Crippen LogP contribution is -2.32. The monoisotopic (exact) mass is 615 g/mol. The van der Waals surface area contributed by atoms with Crippen LogP contribution in [0, 0.1) is 6.92 Å². The van der Waals surface area contributed by atoms with Gasteiger partial charge in [0.2, 0.25) is 5.91 Å². The maximum Gasteiger partial charge on any atom is 0.411 e. The van der Waals surface area contributed by atoms with Gasteiger partial charge < -0.3 is 20.7 Å². The number of carbonyl (C=O) groups excluding carboxylic acids is 2. The standard InChI is InChI=1S/C34H41N5O4S/c1-22-9-7-8-10-28(22)23(2)21-43-33(41)38-27-12-14-30(44(42)34(3,4)5)25(18-27)20-39(6)31(40)19-37-26-11-13-29-24(17-26)15-16-36-32(29)35/h7-18,23,37H,19-21H2,1-6H3,(H2,35,36)(H,38,41). The summed E-state index contributed by atoms with van der Waals surface area (Å²) >= 11 is 0. The first kappa shape index (κ1) is 32.5. The Kier molecular flexibility index (Phi) is 10.3. The highest BCUT2D eigenvalue weighted by atomic mass is 32.2. The third-order valence-corrected chi connectivity index (χ3v) is 9.23. The first-order valence-electron chi connectivity index (χ1n) is 14.5. The summed E-state index contributed by atoms with van der Waals surface area (Å²) in [6.45, 7) is 10.2. The number of anilines is 3. The van der Waals surface area contributed by atoms with Crippen molar-refractivity contribution in [1.29, 1.82) is 0 Å². The molecule has 0 aliphatic heterocycles. The van der Waals surface area contributed by atoms with Gasteiger partial charge in [-0.05, 0) is 92.2 Å². The van der Waals surface area contributed by atoms with Gasteiger partial charge in [-0.3, -0.25) is 14.3 Å². The Morgan fingerprint density at radius 1 is 1.05 bits per heavy atom. The van der Waals surface area contributed by atoms with Crippen LogP contribution in [-0.2, 0) is 26.9 Å². The number of hydrogen-bond donors (Lipinski definition) is 3. The van der Waals surface area contributed by atoms with Crippen LogP contribution in [0.4, 0.5) is 22.0 Å². The van der Waals surface area contributed by atoms with Gasteiger partial charge in [-0.2, -0.15) is 0 Å². The van der Waals surface area contributed by atoms with Gasteiger partial charge in [-0.15, -0.1) is 0 Å². The van der Waals surface area contributed by atoms with Gasteiger partial charge in [-0.1, -0.05) is 31.2 Å². The van der Waals surface area contributed by atoms with Gasteiger partial charge in [0, 0.05) is 52.1 Å². The molecule has 2 amide bonds. The molecule has 0 spiro atoms. The molecular formula is C34H41N5O4S. The van der Waals surface area contributed by atoms with E-state index >= 15 is 0 Å². The third kappa shape index (κ3) is 8.13. The summed E-state index contributed by atoms with van der Waals surface area (Å²) in [6, 6.07) is 20.7. The highest BCUT2D eigenvalue weighted by molar-refractivity contribution is 7.86. The maximum atomic E-state index is 13.4. The van der Waals surface area contributed by atoms with E-state index in [4.69, 9.17) is 10.5 Å². The molecule has 0 saturated carbocycles. The highest BCUT2D eigenvalue weighted by Gasteiger charge is 2.25. The summed E-state index contributed by atoms with van der Waals surface area (Å²) in [5, 5.41) is 7.73. The molecule has 0 bridgehead atoms. The number of pyridine rings is 1. The summed E-state index contributed by atoms with van der Waals surface area (Å²) in [4.78, 5) is 32.1. The lowest BCUT2D eigenvalue weighted by Gasteiger charge is -2.24. The molecule has 44 heavy (non-hydrogen) atoms. The molecule has 1 heterocycles. The molecule has 0 radical (unpaired) electrons. The fourth-order valence-corrected chi connectivity index (χ4v) is 6.06. The molecule has 0 aliphatic carbocycles. The average molecular weight is 616 g/mol. The maximum absolute atomic E-state index is 13.4. The molecule has 9 nitrogen and oxygen atoms in total. The molecule has 0 aliphatic rings. The predicted octanol–water partition coefficient (Wildman–Crippen LogP) is 6.45. The minimum Gasteiger partial charge on any atom is -0.449 e. The zero-order chi connectivity index (χ0) is 32.0. The summed E-state index contributed by atoms with van der Waals surface area (Å²) in [5.74, 6) is 0.331. The van der Waals surface area contributed by atoms with Crippen molar-refractivity contribution in [3.8, 4) is 0 Å². The fourth-order valence-electron chi connectivity index (χ4n) is 4.84. The van der Waals surface area contributed by atoms with E-state index in [0.29, 0.717) is 22.0 Å². The van der Waals surface area contributed by atoms with Crippen molar-refractivity contribution in [3.05, 3.63) is 89.6 Å². The lowest BCUT2D eigenvalue weighted by molar-refractivity contribution is -0.128. The fraction of sp³-hybridized carbons (Fsp3) is 0.324. The Morgan fingerprint density at radius 3 is 2.50 bits per heavy atom. The normalized spacial score (nSPS) is 12.8. The Hall–Kier alpha value is -4.44. The molecule has 232 valence electrons. The summed E-state index contributed by atoms with van der Waals surface area (Å²) in [7, 11) is 0.339.